The van der Waals surface area contributed by atoms with Crippen molar-refractivity contribution in [3.63, 3.8) is 0 Å². The zero-order valence-corrected chi connectivity index (χ0v) is 14.0. The van der Waals surface area contributed by atoms with E-state index in [-0.39, 0.29) is 5.60 Å². The van der Waals surface area contributed by atoms with Gasteiger partial charge in [0, 0.05) is 38.8 Å². The maximum atomic E-state index is 5.65. The van der Waals surface area contributed by atoms with Crippen molar-refractivity contribution in [3.8, 4) is 0 Å². The molecule has 1 saturated heterocycles. The Kier molecular flexibility index (Phi) is 5.88. The molecule has 2 unspecified atom stereocenters. The quantitative estimate of drug-likeness (QED) is 0.839. The molecule has 0 aromatic rings. The maximum Gasteiger partial charge on any atom is 0.0749 e. The van der Waals surface area contributed by atoms with Crippen molar-refractivity contribution in [1.82, 2.24) is 10.2 Å². The molecule has 0 spiro atoms. The number of hydrogen-bond acceptors (Lipinski definition) is 3. The highest BCUT2D eigenvalue weighted by Crippen LogP contribution is 2.29. The molecule has 3 heteroatoms. The zero-order valence-electron chi connectivity index (χ0n) is 14.0. The number of ether oxygens (including phenoxy) is 1. The summed E-state index contributed by atoms with van der Waals surface area (Å²) in [6.45, 7) is 10.1. The van der Waals surface area contributed by atoms with E-state index in [4.69, 9.17) is 4.74 Å². The Morgan fingerprint density at radius 3 is 2.50 bits per heavy atom. The minimum absolute atomic E-state index is 0.0398. The Bertz CT molecular complexity index is 287. The summed E-state index contributed by atoms with van der Waals surface area (Å²) in [4.78, 5) is 2.68. The first-order valence-corrected chi connectivity index (χ1v) is 8.58. The van der Waals surface area contributed by atoms with Gasteiger partial charge in [-0.3, -0.25) is 4.90 Å². The molecule has 0 radical (unpaired) electrons. The molecule has 0 aromatic carbocycles. The van der Waals surface area contributed by atoms with Crippen LogP contribution >= 0.6 is 0 Å². The van der Waals surface area contributed by atoms with Crippen LogP contribution in [0, 0.1) is 5.92 Å². The van der Waals surface area contributed by atoms with Crippen LogP contribution < -0.4 is 5.32 Å². The largest absolute Gasteiger partial charge is 0.377 e. The first-order valence-electron chi connectivity index (χ1n) is 8.58. The van der Waals surface area contributed by atoms with Crippen LogP contribution in [0.25, 0.3) is 0 Å². The first-order chi connectivity index (χ1) is 9.55. The second kappa shape index (κ2) is 7.24. The third-order valence-electron chi connectivity index (χ3n) is 5.39. The average Bonchev–Trinajstić information content (AvgIpc) is 2.48. The van der Waals surface area contributed by atoms with E-state index in [2.05, 4.69) is 31.0 Å². The van der Waals surface area contributed by atoms with Crippen LogP contribution in [0.1, 0.15) is 59.3 Å². The number of rotatable bonds is 5. The van der Waals surface area contributed by atoms with E-state index in [0.717, 1.165) is 19.0 Å². The summed E-state index contributed by atoms with van der Waals surface area (Å²) in [5.41, 5.74) is -0.0398. The predicted molar refractivity (Wildman–Crippen MR) is 85.1 cm³/mol. The van der Waals surface area contributed by atoms with E-state index in [0.29, 0.717) is 12.1 Å². The highest BCUT2D eigenvalue weighted by Gasteiger charge is 2.34. The molecule has 2 fully saturated rings. The monoisotopic (exact) mass is 282 g/mol. The van der Waals surface area contributed by atoms with Crippen molar-refractivity contribution >= 4 is 0 Å². The number of hydrogen-bond donors (Lipinski definition) is 1. The Balaban J connectivity index is 1.95. The maximum absolute atomic E-state index is 5.65. The Morgan fingerprint density at radius 2 is 1.90 bits per heavy atom. The highest BCUT2D eigenvalue weighted by atomic mass is 16.5. The van der Waals surface area contributed by atoms with Gasteiger partial charge in [-0.15, -0.1) is 0 Å². The number of methoxy groups -OCH3 is 1. The highest BCUT2D eigenvalue weighted by molar-refractivity contribution is 4.92. The number of nitrogens with one attached hydrogen (secondary N) is 1. The molecular weight excluding hydrogens is 248 g/mol. The molecule has 0 aromatic heterocycles. The second-order valence-electron chi connectivity index (χ2n) is 7.37. The Labute approximate surface area is 125 Å². The Hall–Kier alpha value is -0.120. The van der Waals surface area contributed by atoms with Gasteiger partial charge in [0.05, 0.1) is 5.60 Å². The number of piperazine rings is 1. The van der Waals surface area contributed by atoms with E-state index in [1.165, 1.54) is 45.1 Å². The summed E-state index contributed by atoms with van der Waals surface area (Å²) in [6.07, 6.45) is 8.39. The number of nitrogens with zero attached hydrogens (tertiary/aromatic N) is 1. The van der Waals surface area contributed by atoms with Gasteiger partial charge in [0.15, 0.2) is 0 Å². The van der Waals surface area contributed by atoms with Crippen LogP contribution in [-0.4, -0.2) is 49.3 Å². The average molecular weight is 282 g/mol. The summed E-state index contributed by atoms with van der Waals surface area (Å²) in [6, 6.07) is 1.37. The van der Waals surface area contributed by atoms with Gasteiger partial charge in [-0.2, -0.15) is 0 Å². The smallest absolute Gasteiger partial charge is 0.0749 e. The lowest BCUT2D eigenvalue weighted by atomic mass is 9.82. The van der Waals surface area contributed by atoms with Crippen molar-refractivity contribution in [1.29, 1.82) is 0 Å². The minimum atomic E-state index is -0.0398. The molecule has 0 amide bonds. The molecule has 1 aliphatic heterocycles. The van der Waals surface area contributed by atoms with Gasteiger partial charge < -0.3 is 10.1 Å². The molecule has 2 atom stereocenters. The van der Waals surface area contributed by atoms with Gasteiger partial charge in [-0.1, -0.05) is 26.2 Å². The van der Waals surface area contributed by atoms with E-state index >= 15 is 0 Å². The summed E-state index contributed by atoms with van der Waals surface area (Å²) in [7, 11) is 1.84. The third kappa shape index (κ3) is 4.19. The van der Waals surface area contributed by atoms with Crippen molar-refractivity contribution in [2.75, 3.05) is 26.7 Å². The van der Waals surface area contributed by atoms with Gasteiger partial charge >= 0.3 is 0 Å². The van der Waals surface area contributed by atoms with Gasteiger partial charge in [0.25, 0.3) is 0 Å². The Morgan fingerprint density at radius 1 is 1.20 bits per heavy atom. The van der Waals surface area contributed by atoms with Crippen molar-refractivity contribution in [3.05, 3.63) is 0 Å². The van der Waals surface area contributed by atoms with Crippen LogP contribution in [-0.2, 0) is 4.74 Å². The van der Waals surface area contributed by atoms with E-state index < -0.39 is 0 Å². The molecule has 1 heterocycles. The molecule has 1 aliphatic carbocycles. The lowest BCUT2D eigenvalue weighted by molar-refractivity contribution is -0.0315. The summed E-state index contributed by atoms with van der Waals surface area (Å²) in [5.74, 6) is 0.898. The molecular formula is C17H34N2O. The lowest BCUT2D eigenvalue weighted by Gasteiger charge is -2.46. The van der Waals surface area contributed by atoms with Gasteiger partial charge in [0.2, 0.25) is 0 Å². The van der Waals surface area contributed by atoms with E-state index in [9.17, 15) is 0 Å². The fourth-order valence-corrected chi connectivity index (χ4v) is 3.88. The topological polar surface area (TPSA) is 24.5 Å². The molecule has 20 heavy (non-hydrogen) atoms. The van der Waals surface area contributed by atoms with E-state index in [1.807, 2.05) is 7.11 Å². The van der Waals surface area contributed by atoms with Gasteiger partial charge in [0.1, 0.15) is 0 Å². The fraction of sp³-hybridized carbons (Fsp3) is 1.00. The van der Waals surface area contributed by atoms with Crippen LogP contribution in [0.2, 0.25) is 0 Å². The molecule has 3 nitrogen and oxygen atoms in total. The standard InChI is InChI=1S/C17H34N2O/c1-5-15-11-18-16(14-9-7-6-8-10-14)12-19(15)13-17(2,3)20-4/h14-16,18H,5-13H2,1-4H3. The van der Waals surface area contributed by atoms with Gasteiger partial charge in [-0.25, -0.2) is 0 Å². The summed E-state index contributed by atoms with van der Waals surface area (Å²) < 4.78 is 5.65. The molecule has 1 saturated carbocycles. The third-order valence-corrected chi connectivity index (χ3v) is 5.39. The minimum Gasteiger partial charge on any atom is -0.377 e. The molecule has 2 aliphatic rings. The van der Waals surface area contributed by atoms with Crippen LogP contribution in [0.5, 0.6) is 0 Å². The van der Waals surface area contributed by atoms with Crippen LogP contribution in [0.4, 0.5) is 0 Å². The van der Waals surface area contributed by atoms with Crippen molar-refractivity contribution < 1.29 is 4.74 Å². The fourth-order valence-electron chi connectivity index (χ4n) is 3.88. The first kappa shape index (κ1) is 16.3. The van der Waals surface area contributed by atoms with Crippen molar-refractivity contribution in [2.24, 2.45) is 5.92 Å². The zero-order chi connectivity index (χ0) is 14.6. The summed E-state index contributed by atoms with van der Waals surface area (Å²) in [5, 5.41) is 3.84. The molecule has 1 N–H and O–H groups in total. The van der Waals surface area contributed by atoms with Crippen LogP contribution in [0.3, 0.4) is 0 Å². The summed E-state index contributed by atoms with van der Waals surface area (Å²) >= 11 is 0. The molecule has 0 bridgehead atoms. The van der Waals surface area contributed by atoms with Gasteiger partial charge in [-0.05, 0) is 39.0 Å². The SMILES string of the molecule is CCC1CNC(C2CCCCC2)CN1CC(C)(C)OC. The van der Waals surface area contributed by atoms with Crippen molar-refractivity contribution in [2.45, 2.75) is 77.0 Å². The van der Waals surface area contributed by atoms with E-state index in [1.54, 1.807) is 0 Å². The van der Waals surface area contributed by atoms with Crippen LogP contribution in [0.15, 0.2) is 0 Å². The molecule has 118 valence electrons. The predicted octanol–water partition coefficient (Wildman–Crippen LogP) is 3.04. The second-order valence-corrected chi connectivity index (χ2v) is 7.37. The normalized spacial score (nSPS) is 30.6. The lowest BCUT2D eigenvalue weighted by Crippen LogP contribution is -2.61. The molecule has 2 rings (SSSR count).